The van der Waals surface area contributed by atoms with Gasteiger partial charge in [-0.25, -0.2) is 3.89 Å². The minimum Gasteiger partial charge on any atom is -0.392 e. The fourth-order valence-corrected chi connectivity index (χ4v) is 7.22. The maximum atomic E-state index is 12.4. The van der Waals surface area contributed by atoms with Gasteiger partial charge in [0, 0.05) is 10.9 Å². The highest BCUT2D eigenvalue weighted by molar-refractivity contribution is 7.87. The zero-order valence-electron chi connectivity index (χ0n) is 16.4. The maximum absolute atomic E-state index is 12.4. The topological polar surface area (TPSA) is 54.4 Å². The van der Waals surface area contributed by atoms with E-state index in [1.54, 1.807) is 6.07 Å². The van der Waals surface area contributed by atoms with Crippen molar-refractivity contribution < 1.29 is 17.4 Å². The summed E-state index contributed by atoms with van der Waals surface area (Å²) in [4.78, 5) is 0. The van der Waals surface area contributed by atoms with E-state index < -0.39 is 10.0 Å². The van der Waals surface area contributed by atoms with Crippen molar-refractivity contribution in [3.8, 4) is 0 Å². The van der Waals surface area contributed by atoms with Crippen molar-refractivity contribution in [2.45, 2.75) is 38.0 Å². The summed E-state index contributed by atoms with van der Waals surface area (Å²) in [6, 6.07) is 12.3. The summed E-state index contributed by atoms with van der Waals surface area (Å²) >= 11 is 6.16. The minimum atomic E-state index is -3.03. The molecule has 0 spiro atoms. The van der Waals surface area contributed by atoms with Gasteiger partial charge in [0.15, 0.2) is 5.25 Å². The van der Waals surface area contributed by atoms with Crippen LogP contribution in [0.3, 0.4) is 0 Å². The molecule has 1 aliphatic carbocycles. The molecule has 2 aliphatic rings. The normalized spacial score (nSPS) is 28.0. The summed E-state index contributed by atoms with van der Waals surface area (Å²) in [5.74, 6) is 0.379. The summed E-state index contributed by atoms with van der Waals surface area (Å²) in [5.41, 5.74) is 5.81. The molecule has 1 saturated heterocycles. The lowest BCUT2D eigenvalue weighted by atomic mass is 9.99. The Balaban J connectivity index is 1.47. The average Bonchev–Trinajstić information content (AvgIpc) is 3.02. The van der Waals surface area contributed by atoms with E-state index in [9.17, 15) is 13.5 Å². The van der Waals surface area contributed by atoms with E-state index in [1.165, 1.54) is 16.7 Å². The smallest absolute Gasteiger partial charge is 0.305 e. The van der Waals surface area contributed by atoms with Crippen LogP contribution in [0.25, 0.3) is 0 Å². The van der Waals surface area contributed by atoms with Gasteiger partial charge in [0.2, 0.25) is 0 Å². The number of aliphatic hydroxyl groups excluding tert-OH is 1. The fourth-order valence-electron chi connectivity index (χ4n) is 4.96. The molecule has 1 fully saturated rings. The van der Waals surface area contributed by atoms with Crippen molar-refractivity contribution in [3.05, 3.63) is 69.2 Å². The van der Waals surface area contributed by atoms with E-state index in [1.807, 2.05) is 26.1 Å². The van der Waals surface area contributed by atoms with Crippen LogP contribution >= 0.6 is 11.6 Å². The van der Waals surface area contributed by atoms with Crippen molar-refractivity contribution in [3.63, 3.8) is 0 Å². The largest absolute Gasteiger partial charge is 0.392 e. The number of benzene rings is 2. The molecule has 1 heterocycles. The summed E-state index contributed by atoms with van der Waals surface area (Å²) < 4.78 is 25.0. The molecule has 0 amide bonds. The first-order valence-corrected chi connectivity index (χ1v) is 11.7. The van der Waals surface area contributed by atoms with Crippen molar-refractivity contribution in [1.82, 2.24) is 0 Å². The van der Waals surface area contributed by atoms with Crippen LogP contribution in [0.15, 0.2) is 36.4 Å². The Morgan fingerprint density at radius 1 is 1.07 bits per heavy atom. The zero-order valence-corrected chi connectivity index (χ0v) is 17.9. The summed E-state index contributed by atoms with van der Waals surface area (Å²) in [6.45, 7) is 3.22. The summed E-state index contributed by atoms with van der Waals surface area (Å²) in [5, 5.41) is 9.81. The van der Waals surface area contributed by atoms with Gasteiger partial charge in [-0.15, -0.1) is 0 Å². The third kappa shape index (κ3) is 3.50. The van der Waals surface area contributed by atoms with E-state index in [4.69, 9.17) is 11.6 Å². The van der Waals surface area contributed by atoms with E-state index in [0.717, 1.165) is 36.9 Å². The Morgan fingerprint density at radius 2 is 1.79 bits per heavy atom. The van der Waals surface area contributed by atoms with Gasteiger partial charge >= 0.3 is 10.0 Å². The highest BCUT2D eigenvalue weighted by Gasteiger charge is 2.55. The number of hydrogen-bond acceptors (Lipinski definition) is 3. The number of rotatable bonds is 5. The van der Waals surface area contributed by atoms with Gasteiger partial charge in [0.05, 0.1) is 20.2 Å². The molecule has 150 valence electrons. The first kappa shape index (κ1) is 19.9. The van der Waals surface area contributed by atoms with Crippen LogP contribution in [0.1, 0.15) is 34.7 Å². The number of halogens is 1. The van der Waals surface area contributed by atoms with Gasteiger partial charge in [0.25, 0.3) is 0 Å². The zero-order chi connectivity index (χ0) is 20.1. The molecule has 3 atom stereocenters. The fraction of sp³-hybridized carbons (Fsp3) is 0.455. The molecule has 0 saturated carbocycles. The van der Waals surface area contributed by atoms with Crippen LogP contribution in [-0.4, -0.2) is 42.8 Å². The van der Waals surface area contributed by atoms with E-state index in [-0.39, 0.29) is 15.7 Å². The van der Waals surface area contributed by atoms with Gasteiger partial charge in [-0.3, -0.25) is 0 Å². The second-order valence-electron chi connectivity index (χ2n) is 8.67. The Bertz CT molecular complexity index is 1020. The molecule has 0 radical (unpaired) electrons. The molecule has 1 aliphatic heterocycles. The number of nitrogens with zero attached hydrogens (tertiary/aromatic N) is 1. The summed E-state index contributed by atoms with van der Waals surface area (Å²) in [7, 11) is -1.17. The Morgan fingerprint density at radius 3 is 2.46 bits per heavy atom. The van der Waals surface area contributed by atoms with Crippen molar-refractivity contribution in [2.24, 2.45) is 5.92 Å². The molecular formula is C22H27ClNO3S+. The van der Waals surface area contributed by atoms with Gasteiger partial charge in [0.1, 0.15) is 6.54 Å². The highest BCUT2D eigenvalue weighted by Crippen LogP contribution is 2.36. The lowest BCUT2D eigenvalue weighted by Crippen LogP contribution is -2.68. The second kappa shape index (κ2) is 7.13. The maximum Gasteiger partial charge on any atom is 0.305 e. The third-order valence-electron chi connectivity index (χ3n) is 6.31. The number of fused-ring (bicyclic) bond motifs is 1. The molecule has 28 heavy (non-hydrogen) atoms. The molecule has 2 aromatic carbocycles. The van der Waals surface area contributed by atoms with Crippen LogP contribution in [0.2, 0.25) is 5.02 Å². The van der Waals surface area contributed by atoms with Crippen molar-refractivity contribution >= 4 is 21.6 Å². The standard InChI is InChI=1S/C22H27ClNO3S/c1-15-12-24(2,28(15,26)27)13-18-8-20-4-3-16(7-21(20)9-18)5-17-6-19(14-25)11-22(23)10-17/h3-4,6-7,10-11,15,18,25H,5,8-9,12-14H2,1-2H3/q+1. The number of aliphatic hydroxyl groups is 1. The quantitative estimate of drug-likeness (QED) is 0.755. The van der Waals surface area contributed by atoms with E-state index in [0.29, 0.717) is 17.5 Å². The Labute approximate surface area is 172 Å². The summed E-state index contributed by atoms with van der Waals surface area (Å²) in [6.07, 6.45) is 2.67. The number of sulfonamides is 1. The SMILES string of the molecule is CC1C[N+](C)(CC2Cc3ccc(Cc4cc(Cl)cc(CO)c4)cc3C2)S1(=O)=O. The van der Waals surface area contributed by atoms with Crippen LogP contribution < -0.4 is 0 Å². The first-order chi connectivity index (χ1) is 13.2. The monoisotopic (exact) mass is 420 g/mol. The molecule has 0 aromatic heterocycles. The van der Waals surface area contributed by atoms with Gasteiger partial charge in [-0.05, 0) is 66.1 Å². The lowest BCUT2D eigenvalue weighted by molar-refractivity contribution is -0.808. The highest BCUT2D eigenvalue weighted by atomic mass is 35.5. The van der Waals surface area contributed by atoms with Crippen LogP contribution in [-0.2, 0) is 35.9 Å². The average molecular weight is 421 g/mol. The second-order valence-corrected chi connectivity index (χ2v) is 11.8. The van der Waals surface area contributed by atoms with E-state index in [2.05, 4.69) is 18.2 Å². The van der Waals surface area contributed by atoms with Crippen molar-refractivity contribution in [1.29, 1.82) is 0 Å². The number of hydrogen-bond donors (Lipinski definition) is 1. The van der Waals surface area contributed by atoms with Crippen LogP contribution in [0.4, 0.5) is 0 Å². The van der Waals surface area contributed by atoms with Crippen LogP contribution in [0.5, 0.6) is 0 Å². The molecule has 1 N–H and O–H groups in total. The lowest BCUT2D eigenvalue weighted by Gasteiger charge is -2.45. The molecular weight excluding hydrogens is 394 g/mol. The molecule has 6 heteroatoms. The van der Waals surface area contributed by atoms with Crippen molar-refractivity contribution in [2.75, 3.05) is 20.1 Å². The Kier molecular flexibility index (Phi) is 5.07. The molecule has 0 bridgehead atoms. The van der Waals surface area contributed by atoms with E-state index >= 15 is 0 Å². The van der Waals surface area contributed by atoms with Gasteiger partial charge in [-0.2, -0.15) is 8.42 Å². The molecule has 3 unspecified atom stereocenters. The third-order valence-corrected chi connectivity index (χ3v) is 9.22. The molecule has 4 nitrogen and oxygen atoms in total. The first-order valence-electron chi connectivity index (χ1n) is 9.78. The van der Waals surface area contributed by atoms with Gasteiger partial charge < -0.3 is 5.11 Å². The van der Waals surface area contributed by atoms with Gasteiger partial charge in [-0.1, -0.05) is 35.9 Å². The Hall–Kier alpha value is -1.40. The predicted octanol–water partition coefficient (Wildman–Crippen LogP) is 3.32. The minimum absolute atomic E-state index is 0.0159. The molecule has 4 rings (SSSR count). The number of quaternary nitrogens is 1. The predicted molar refractivity (Wildman–Crippen MR) is 112 cm³/mol. The molecule has 2 aromatic rings. The van der Waals surface area contributed by atoms with Crippen LogP contribution in [0, 0.1) is 5.92 Å².